The number of ether oxygens (including phenoxy) is 1. The van der Waals surface area contributed by atoms with E-state index in [1.165, 1.54) is 11.0 Å². The van der Waals surface area contributed by atoms with E-state index in [-0.39, 0.29) is 11.9 Å². The summed E-state index contributed by atoms with van der Waals surface area (Å²) in [4.78, 5) is 14.8. The third-order valence-corrected chi connectivity index (χ3v) is 3.67. The summed E-state index contributed by atoms with van der Waals surface area (Å²) in [5.41, 5.74) is 0. The molecule has 94 valence electrons. The van der Waals surface area contributed by atoms with Crippen LogP contribution in [0.5, 0.6) is 0 Å². The zero-order valence-corrected chi connectivity index (χ0v) is 11.2. The molecule has 1 rings (SSSR count). The van der Waals surface area contributed by atoms with Gasteiger partial charge in [-0.1, -0.05) is 12.6 Å². The fourth-order valence-electron chi connectivity index (χ4n) is 1.67. The van der Waals surface area contributed by atoms with Gasteiger partial charge in [-0.15, -0.1) is 11.3 Å². The van der Waals surface area contributed by atoms with Gasteiger partial charge in [0.1, 0.15) is 0 Å². The van der Waals surface area contributed by atoms with Crippen molar-refractivity contribution in [1.82, 2.24) is 4.90 Å². The molecule has 0 fully saturated rings. The quantitative estimate of drug-likeness (QED) is 0.552. The van der Waals surface area contributed by atoms with Crippen LogP contribution in [-0.4, -0.2) is 31.1 Å². The molecule has 0 aliphatic rings. The van der Waals surface area contributed by atoms with E-state index < -0.39 is 0 Å². The van der Waals surface area contributed by atoms with Crippen LogP contribution in [0, 0.1) is 0 Å². The van der Waals surface area contributed by atoms with Crippen molar-refractivity contribution in [2.24, 2.45) is 0 Å². The van der Waals surface area contributed by atoms with E-state index in [1.807, 2.05) is 23.3 Å². The predicted octanol–water partition coefficient (Wildman–Crippen LogP) is 2.86. The lowest BCUT2D eigenvalue weighted by Crippen LogP contribution is -2.33. The molecule has 1 aromatic heterocycles. The van der Waals surface area contributed by atoms with Gasteiger partial charge in [0.25, 0.3) is 0 Å². The van der Waals surface area contributed by atoms with E-state index >= 15 is 0 Å². The molecule has 0 aromatic carbocycles. The van der Waals surface area contributed by atoms with E-state index in [0.29, 0.717) is 13.2 Å². The van der Waals surface area contributed by atoms with Crippen molar-refractivity contribution >= 4 is 17.2 Å². The maximum absolute atomic E-state index is 11.8. The van der Waals surface area contributed by atoms with Crippen molar-refractivity contribution in [3.05, 3.63) is 35.0 Å². The second-order valence-electron chi connectivity index (χ2n) is 3.77. The van der Waals surface area contributed by atoms with Gasteiger partial charge in [-0.3, -0.25) is 4.79 Å². The molecule has 0 saturated carbocycles. The van der Waals surface area contributed by atoms with Crippen molar-refractivity contribution in [2.45, 2.75) is 19.4 Å². The Morgan fingerprint density at radius 2 is 2.47 bits per heavy atom. The van der Waals surface area contributed by atoms with Gasteiger partial charge < -0.3 is 9.64 Å². The van der Waals surface area contributed by atoms with Crippen LogP contribution in [0.25, 0.3) is 0 Å². The maximum Gasteiger partial charge on any atom is 0.246 e. The molecular weight excluding hydrogens is 234 g/mol. The molecule has 1 atom stereocenters. The normalized spacial score (nSPS) is 12.1. The molecule has 17 heavy (non-hydrogen) atoms. The average Bonchev–Trinajstić information content (AvgIpc) is 2.87. The molecule has 0 radical (unpaired) electrons. The smallest absolute Gasteiger partial charge is 0.246 e. The molecular formula is C13H19NO2S. The Morgan fingerprint density at radius 3 is 3.00 bits per heavy atom. The van der Waals surface area contributed by atoms with Crippen molar-refractivity contribution in [1.29, 1.82) is 0 Å². The summed E-state index contributed by atoms with van der Waals surface area (Å²) in [5, 5.41) is 2.03. The Hall–Kier alpha value is -1.13. The summed E-state index contributed by atoms with van der Waals surface area (Å²) >= 11 is 1.67. The Labute approximate surface area is 107 Å². The largest absolute Gasteiger partial charge is 0.385 e. The van der Waals surface area contributed by atoms with E-state index in [0.717, 1.165) is 6.42 Å². The zero-order valence-electron chi connectivity index (χ0n) is 10.4. The molecule has 0 spiro atoms. The van der Waals surface area contributed by atoms with Gasteiger partial charge in [0.05, 0.1) is 6.04 Å². The first-order valence-electron chi connectivity index (χ1n) is 5.66. The number of hydrogen-bond donors (Lipinski definition) is 0. The molecule has 0 aliphatic carbocycles. The lowest BCUT2D eigenvalue weighted by Gasteiger charge is -2.27. The van der Waals surface area contributed by atoms with Crippen LogP contribution in [0.3, 0.4) is 0 Å². The summed E-state index contributed by atoms with van der Waals surface area (Å²) < 4.78 is 5.01. The topological polar surface area (TPSA) is 29.5 Å². The number of nitrogens with zero attached hydrogens (tertiary/aromatic N) is 1. The second kappa shape index (κ2) is 7.25. The van der Waals surface area contributed by atoms with Crippen LogP contribution in [0.1, 0.15) is 24.3 Å². The van der Waals surface area contributed by atoms with Crippen LogP contribution in [-0.2, 0) is 9.53 Å². The predicted molar refractivity (Wildman–Crippen MR) is 71.1 cm³/mol. The summed E-state index contributed by atoms with van der Waals surface area (Å²) in [6.45, 7) is 6.95. The molecule has 0 aliphatic heterocycles. The number of thiophene rings is 1. The van der Waals surface area contributed by atoms with Gasteiger partial charge in [-0.2, -0.15) is 0 Å². The first kappa shape index (κ1) is 13.9. The second-order valence-corrected chi connectivity index (χ2v) is 4.75. The molecule has 1 aromatic rings. The molecule has 1 heterocycles. The van der Waals surface area contributed by atoms with E-state index in [1.54, 1.807) is 18.4 Å². The third-order valence-electron chi connectivity index (χ3n) is 2.63. The minimum absolute atomic E-state index is 0.0259. The Kier molecular flexibility index (Phi) is 5.94. The maximum atomic E-state index is 11.8. The highest BCUT2D eigenvalue weighted by Gasteiger charge is 2.19. The SMILES string of the molecule is C=CC(=O)N(CCCOC)C(C)c1cccs1. The molecule has 0 bridgehead atoms. The van der Waals surface area contributed by atoms with E-state index in [9.17, 15) is 4.79 Å². The van der Waals surface area contributed by atoms with Crippen LogP contribution >= 0.6 is 11.3 Å². The van der Waals surface area contributed by atoms with Gasteiger partial charge in [0.15, 0.2) is 0 Å². The Bertz CT molecular complexity index is 348. The Morgan fingerprint density at radius 1 is 1.71 bits per heavy atom. The lowest BCUT2D eigenvalue weighted by molar-refractivity contribution is -0.128. The molecule has 3 nitrogen and oxygen atoms in total. The first-order valence-corrected chi connectivity index (χ1v) is 6.54. The molecule has 0 saturated heterocycles. The first-order chi connectivity index (χ1) is 8.20. The number of rotatable bonds is 7. The highest BCUT2D eigenvalue weighted by molar-refractivity contribution is 7.10. The highest BCUT2D eigenvalue weighted by atomic mass is 32.1. The van der Waals surface area contributed by atoms with Crippen LogP contribution in [0.4, 0.5) is 0 Å². The fraction of sp³-hybridized carbons (Fsp3) is 0.462. The van der Waals surface area contributed by atoms with Gasteiger partial charge in [-0.25, -0.2) is 0 Å². The monoisotopic (exact) mass is 253 g/mol. The highest BCUT2D eigenvalue weighted by Crippen LogP contribution is 2.24. The molecule has 1 unspecified atom stereocenters. The minimum Gasteiger partial charge on any atom is -0.385 e. The van der Waals surface area contributed by atoms with Crippen molar-refractivity contribution in [3.63, 3.8) is 0 Å². The van der Waals surface area contributed by atoms with E-state index in [2.05, 4.69) is 12.6 Å². The van der Waals surface area contributed by atoms with Gasteiger partial charge in [0, 0.05) is 25.1 Å². The standard InChI is InChI=1S/C13H19NO2S/c1-4-13(15)14(8-6-9-16-3)11(2)12-7-5-10-17-12/h4-5,7,10-11H,1,6,8-9H2,2-3H3. The number of methoxy groups -OCH3 is 1. The van der Waals surface area contributed by atoms with Crippen molar-refractivity contribution in [3.8, 4) is 0 Å². The summed E-state index contributed by atoms with van der Waals surface area (Å²) in [5.74, 6) is -0.0259. The summed E-state index contributed by atoms with van der Waals surface area (Å²) in [6, 6.07) is 4.15. The number of amides is 1. The van der Waals surface area contributed by atoms with Crippen molar-refractivity contribution in [2.75, 3.05) is 20.3 Å². The minimum atomic E-state index is -0.0259. The lowest BCUT2D eigenvalue weighted by atomic mass is 10.2. The van der Waals surface area contributed by atoms with Gasteiger partial charge >= 0.3 is 0 Å². The van der Waals surface area contributed by atoms with Crippen LogP contribution < -0.4 is 0 Å². The summed E-state index contributed by atoms with van der Waals surface area (Å²) in [6.07, 6.45) is 2.21. The van der Waals surface area contributed by atoms with Gasteiger partial charge in [-0.05, 0) is 30.9 Å². The summed E-state index contributed by atoms with van der Waals surface area (Å²) in [7, 11) is 1.67. The van der Waals surface area contributed by atoms with Crippen LogP contribution in [0.15, 0.2) is 30.2 Å². The average molecular weight is 253 g/mol. The van der Waals surface area contributed by atoms with Crippen LogP contribution in [0.2, 0.25) is 0 Å². The third kappa shape index (κ3) is 3.98. The van der Waals surface area contributed by atoms with Crippen molar-refractivity contribution < 1.29 is 9.53 Å². The molecule has 0 N–H and O–H groups in total. The zero-order chi connectivity index (χ0) is 12.7. The number of carbonyl (C=O) groups excluding carboxylic acids is 1. The Balaban J connectivity index is 2.68. The van der Waals surface area contributed by atoms with Gasteiger partial charge in [0.2, 0.25) is 5.91 Å². The number of carbonyl (C=O) groups is 1. The molecule has 4 heteroatoms. The van der Waals surface area contributed by atoms with E-state index in [4.69, 9.17) is 4.74 Å². The number of hydrogen-bond acceptors (Lipinski definition) is 3. The fourth-order valence-corrected chi connectivity index (χ4v) is 2.47. The molecule has 1 amide bonds.